The van der Waals surface area contributed by atoms with Gasteiger partial charge < -0.3 is 10.2 Å². The molecule has 3 aromatic carbocycles. The van der Waals surface area contributed by atoms with Crippen molar-refractivity contribution < 1.29 is 18.0 Å². The third kappa shape index (κ3) is 9.51. The molecular formula is C30H33Cl4N3O4S. The first kappa shape index (κ1) is 34.0. The van der Waals surface area contributed by atoms with Gasteiger partial charge in [-0.25, -0.2) is 8.42 Å². The number of amides is 2. The van der Waals surface area contributed by atoms with E-state index in [-0.39, 0.29) is 60.9 Å². The number of hydrogen-bond donors (Lipinski definition) is 1. The molecule has 42 heavy (non-hydrogen) atoms. The van der Waals surface area contributed by atoms with Gasteiger partial charge in [0, 0.05) is 52.6 Å². The second-order valence-corrected chi connectivity index (χ2v) is 13.7. The SMILES string of the molecule is CC(C)NC(=O)[C@@H](Cc1ccccc1)N(Cc1c(Cl)cccc1Cl)C(=O)CCCN(c1cc(Cl)ccc1Cl)S(C)(=O)=O. The maximum Gasteiger partial charge on any atom is 0.243 e. The van der Waals surface area contributed by atoms with Gasteiger partial charge in [0.25, 0.3) is 0 Å². The van der Waals surface area contributed by atoms with Gasteiger partial charge in [-0.3, -0.25) is 13.9 Å². The van der Waals surface area contributed by atoms with Crippen molar-refractivity contribution in [3.05, 3.63) is 97.9 Å². The molecule has 12 heteroatoms. The van der Waals surface area contributed by atoms with Crippen LogP contribution in [0.1, 0.15) is 37.8 Å². The van der Waals surface area contributed by atoms with Crippen molar-refractivity contribution in [2.45, 2.75) is 51.7 Å². The minimum absolute atomic E-state index is 0.0176. The van der Waals surface area contributed by atoms with Crippen LogP contribution in [-0.4, -0.2) is 50.0 Å². The molecule has 2 amide bonds. The first-order chi connectivity index (χ1) is 19.8. The van der Waals surface area contributed by atoms with E-state index >= 15 is 0 Å². The number of benzene rings is 3. The lowest BCUT2D eigenvalue weighted by atomic mass is 10.0. The second kappa shape index (κ2) is 15.3. The van der Waals surface area contributed by atoms with E-state index < -0.39 is 16.1 Å². The quantitative estimate of drug-likeness (QED) is 0.212. The number of nitrogens with zero attached hydrogens (tertiary/aromatic N) is 2. The highest BCUT2D eigenvalue weighted by Crippen LogP contribution is 2.31. The number of anilines is 1. The summed E-state index contributed by atoms with van der Waals surface area (Å²) in [5.74, 6) is -0.690. The Balaban J connectivity index is 1.94. The average molecular weight is 673 g/mol. The molecule has 0 aliphatic carbocycles. The van der Waals surface area contributed by atoms with Gasteiger partial charge >= 0.3 is 0 Å². The molecule has 0 unspecified atom stereocenters. The van der Waals surface area contributed by atoms with E-state index in [1.54, 1.807) is 24.3 Å². The van der Waals surface area contributed by atoms with Crippen molar-refractivity contribution >= 4 is 73.9 Å². The minimum Gasteiger partial charge on any atom is -0.352 e. The maximum atomic E-state index is 13.9. The van der Waals surface area contributed by atoms with Crippen molar-refractivity contribution in [1.82, 2.24) is 10.2 Å². The largest absolute Gasteiger partial charge is 0.352 e. The summed E-state index contributed by atoms with van der Waals surface area (Å²) in [4.78, 5) is 28.9. The average Bonchev–Trinajstić information content (AvgIpc) is 2.91. The molecule has 3 rings (SSSR count). The van der Waals surface area contributed by atoms with Crippen molar-refractivity contribution in [1.29, 1.82) is 0 Å². The fourth-order valence-electron chi connectivity index (χ4n) is 4.45. The van der Waals surface area contributed by atoms with Crippen molar-refractivity contribution in [3.8, 4) is 0 Å². The highest BCUT2D eigenvalue weighted by molar-refractivity contribution is 7.92. The summed E-state index contributed by atoms with van der Waals surface area (Å²) < 4.78 is 26.5. The Labute approximate surface area is 267 Å². The fraction of sp³-hybridized carbons (Fsp3) is 0.333. The summed E-state index contributed by atoms with van der Waals surface area (Å²) in [6.45, 7) is 3.63. The third-order valence-corrected chi connectivity index (χ3v) is 8.86. The smallest absolute Gasteiger partial charge is 0.243 e. The molecular weight excluding hydrogens is 640 g/mol. The van der Waals surface area contributed by atoms with Crippen molar-refractivity contribution in [3.63, 3.8) is 0 Å². The predicted octanol–water partition coefficient (Wildman–Crippen LogP) is 7.01. The van der Waals surface area contributed by atoms with E-state index in [1.165, 1.54) is 17.0 Å². The Kier molecular flexibility index (Phi) is 12.4. The number of halogens is 4. The van der Waals surface area contributed by atoms with Gasteiger partial charge in [0.15, 0.2) is 0 Å². The van der Waals surface area contributed by atoms with Crippen LogP contribution in [0.5, 0.6) is 0 Å². The molecule has 0 fully saturated rings. The Morgan fingerprint density at radius 1 is 0.881 bits per heavy atom. The van der Waals surface area contributed by atoms with Crippen molar-refractivity contribution in [2.75, 3.05) is 17.1 Å². The van der Waals surface area contributed by atoms with Gasteiger partial charge in [0.1, 0.15) is 6.04 Å². The second-order valence-electron chi connectivity index (χ2n) is 10.1. The van der Waals surface area contributed by atoms with Crippen LogP contribution in [0.25, 0.3) is 0 Å². The van der Waals surface area contributed by atoms with E-state index in [4.69, 9.17) is 46.4 Å². The van der Waals surface area contributed by atoms with Crippen LogP contribution in [0.15, 0.2) is 66.7 Å². The van der Waals surface area contributed by atoms with Gasteiger partial charge in [-0.15, -0.1) is 0 Å². The van der Waals surface area contributed by atoms with Crippen LogP contribution < -0.4 is 9.62 Å². The molecule has 0 aliphatic rings. The Morgan fingerprint density at radius 3 is 2.12 bits per heavy atom. The van der Waals surface area contributed by atoms with Crippen LogP contribution in [-0.2, 0) is 32.6 Å². The van der Waals surface area contributed by atoms with E-state index in [0.29, 0.717) is 20.6 Å². The lowest BCUT2D eigenvalue weighted by Crippen LogP contribution is -2.52. The Hall–Kier alpha value is -2.49. The van der Waals surface area contributed by atoms with Crippen LogP contribution >= 0.6 is 46.4 Å². The summed E-state index contributed by atoms with van der Waals surface area (Å²) in [6, 6.07) is 17.9. The van der Waals surface area contributed by atoms with Crippen LogP contribution in [0.2, 0.25) is 20.1 Å². The van der Waals surface area contributed by atoms with E-state index in [2.05, 4.69) is 5.32 Å². The zero-order chi connectivity index (χ0) is 31.0. The number of nitrogens with one attached hydrogen (secondary N) is 1. The molecule has 0 spiro atoms. The van der Waals surface area contributed by atoms with Crippen LogP contribution in [0, 0.1) is 0 Å². The van der Waals surface area contributed by atoms with Crippen LogP contribution in [0.4, 0.5) is 5.69 Å². The predicted molar refractivity (Wildman–Crippen MR) is 172 cm³/mol. The Bertz CT molecular complexity index is 1480. The monoisotopic (exact) mass is 671 g/mol. The number of rotatable bonds is 13. The van der Waals surface area contributed by atoms with Gasteiger partial charge in [0.2, 0.25) is 21.8 Å². The van der Waals surface area contributed by atoms with Crippen LogP contribution in [0.3, 0.4) is 0 Å². The van der Waals surface area contributed by atoms with Gasteiger partial charge in [-0.05, 0) is 56.2 Å². The number of hydrogen-bond acceptors (Lipinski definition) is 4. The van der Waals surface area contributed by atoms with Gasteiger partial charge in [-0.1, -0.05) is 82.8 Å². The zero-order valence-corrected chi connectivity index (χ0v) is 27.3. The standard InChI is InChI=1S/C30H33Cl4N3O4S/c1-20(2)35-30(39)28(17-21-9-5-4-6-10-21)36(19-23-24(32)11-7-12-25(23)33)29(38)13-8-16-37(42(3,40)41)27-18-22(31)14-15-26(27)34/h4-7,9-12,14-15,18,20,28H,8,13,16-17,19H2,1-3H3,(H,35,39)/t28-/m1/s1. The molecule has 226 valence electrons. The highest BCUT2D eigenvalue weighted by atomic mass is 35.5. The van der Waals surface area contributed by atoms with E-state index in [9.17, 15) is 18.0 Å². The Morgan fingerprint density at radius 2 is 1.52 bits per heavy atom. The molecule has 0 saturated heterocycles. The topological polar surface area (TPSA) is 86.8 Å². The van der Waals surface area contributed by atoms with Gasteiger partial charge in [0.05, 0.1) is 17.0 Å². The highest BCUT2D eigenvalue weighted by Gasteiger charge is 2.32. The number of carbonyl (C=O) groups is 2. The summed E-state index contributed by atoms with van der Waals surface area (Å²) in [7, 11) is -3.75. The number of sulfonamides is 1. The van der Waals surface area contributed by atoms with E-state index in [0.717, 1.165) is 16.1 Å². The van der Waals surface area contributed by atoms with Gasteiger partial charge in [-0.2, -0.15) is 0 Å². The number of carbonyl (C=O) groups excluding carboxylic acids is 2. The minimum atomic E-state index is -3.75. The summed E-state index contributed by atoms with van der Waals surface area (Å²) in [6.07, 6.45) is 1.39. The molecule has 0 saturated carbocycles. The lowest BCUT2D eigenvalue weighted by molar-refractivity contribution is -0.141. The van der Waals surface area contributed by atoms with Crippen molar-refractivity contribution in [2.24, 2.45) is 0 Å². The maximum absolute atomic E-state index is 13.9. The molecule has 0 aliphatic heterocycles. The zero-order valence-electron chi connectivity index (χ0n) is 23.5. The lowest BCUT2D eigenvalue weighted by Gasteiger charge is -2.33. The van der Waals surface area contributed by atoms with E-state index in [1.807, 2.05) is 44.2 Å². The molecule has 7 nitrogen and oxygen atoms in total. The molecule has 0 heterocycles. The summed E-state index contributed by atoms with van der Waals surface area (Å²) in [5.41, 5.74) is 1.59. The first-order valence-corrected chi connectivity index (χ1v) is 16.6. The first-order valence-electron chi connectivity index (χ1n) is 13.3. The normalized spacial score (nSPS) is 12.2. The molecule has 1 N–H and O–H groups in total. The summed E-state index contributed by atoms with van der Waals surface area (Å²) in [5, 5.41) is 4.18. The summed E-state index contributed by atoms with van der Waals surface area (Å²) >= 11 is 25.4. The molecule has 0 radical (unpaired) electrons. The molecule has 0 aromatic heterocycles. The third-order valence-electron chi connectivity index (χ3n) is 6.42. The fourth-order valence-corrected chi connectivity index (χ4v) is 6.37. The molecule has 3 aromatic rings. The molecule has 0 bridgehead atoms. The molecule has 1 atom stereocenters.